The lowest BCUT2D eigenvalue weighted by Gasteiger charge is -2.09. The van der Waals surface area contributed by atoms with E-state index in [1.165, 1.54) is 0 Å². The molecule has 3 N–H and O–H groups in total. The fourth-order valence-electron chi connectivity index (χ4n) is 1.71. The highest BCUT2D eigenvalue weighted by molar-refractivity contribution is 7.09. The summed E-state index contributed by atoms with van der Waals surface area (Å²) in [6.45, 7) is 1.96. The zero-order valence-electron chi connectivity index (χ0n) is 9.63. The van der Waals surface area contributed by atoms with E-state index in [1.807, 2.05) is 18.4 Å². The van der Waals surface area contributed by atoms with Crippen LogP contribution in [0.15, 0.2) is 23.7 Å². The Labute approximate surface area is 104 Å². The van der Waals surface area contributed by atoms with Crippen molar-refractivity contribution in [2.75, 3.05) is 5.73 Å². The lowest BCUT2D eigenvalue weighted by molar-refractivity contribution is 0.174. The monoisotopic (exact) mass is 249 g/mol. The Morgan fingerprint density at radius 2 is 2.29 bits per heavy atom. The van der Waals surface area contributed by atoms with Gasteiger partial charge in [0, 0.05) is 18.0 Å². The van der Waals surface area contributed by atoms with Crippen LogP contribution in [0.5, 0.6) is 0 Å². The van der Waals surface area contributed by atoms with E-state index in [-0.39, 0.29) is 0 Å². The number of aliphatic hydroxyl groups excluding tert-OH is 1. The Kier molecular flexibility index (Phi) is 3.71. The van der Waals surface area contributed by atoms with E-state index >= 15 is 0 Å². The van der Waals surface area contributed by atoms with E-state index in [4.69, 9.17) is 5.73 Å². The molecule has 0 amide bonds. The Bertz CT molecular complexity index is 498. The summed E-state index contributed by atoms with van der Waals surface area (Å²) in [5, 5.41) is 13.0. The van der Waals surface area contributed by atoms with E-state index in [2.05, 4.69) is 9.97 Å². The molecule has 0 fully saturated rings. The second-order valence-corrected chi connectivity index (χ2v) is 5.07. The first kappa shape index (κ1) is 12.0. The molecular formula is C12H15N3OS. The number of nitrogens with zero attached hydrogens (tertiary/aromatic N) is 2. The van der Waals surface area contributed by atoms with Crippen molar-refractivity contribution in [1.82, 2.24) is 9.97 Å². The summed E-state index contributed by atoms with van der Waals surface area (Å²) in [6.07, 6.45) is 2.37. The predicted molar refractivity (Wildman–Crippen MR) is 68.9 cm³/mol. The zero-order chi connectivity index (χ0) is 12.3. The van der Waals surface area contributed by atoms with Gasteiger partial charge in [-0.2, -0.15) is 0 Å². The lowest BCUT2D eigenvalue weighted by atomic mass is 10.1. The third-order valence-corrected chi connectivity index (χ3v) is 3.25. The number of nitrogen functional groups attached to an aromatic ring is 1. The minimum Gasteiger partial charge on any atom is -0.392 e. The van der Waals surface area contributed by atoms with Crippen LogP contribution in [0, 0.1) is 6.92 Å². The molecular weight excluding hydrogens is 234 g/mol. The van der Waals surface area contributed by atoms with Gasteiger partial charge in [-0.1, -0.05) is 0 Å². The average Bonchev–Trinajstić information content (AvgIpc) is 2.63. The number of anilines is 1. The molecule has 0 saturated heterocycles. The van der Waals surface area contributed by atoms with Gasteiger partial charge in [0.1, 0.15) is 5.82 Å². The van der Waals surface area contributed by atoms with Crippen LogP contribution in [-0.2, 0) is 12.8 Å². The summed E-state index contributed by atoms with van der Waals surface area (Å²) in [5.74, 6) is 0.485. The van der Waals surface area contributed by atoms with Gasteiger partial charge in [0.05, 0.1) is 16.8 Å². The number of hydrogen-bond donors (Lipinski definition) is 2. The summed E-state index contributed by atoms with van der Waals surface area (Å²) in [6, 6.07) is 3.65. The standard InChI is InChI=1S/C12H15N3OS/c1-8-15-10(7-17-8)6-11(16)4-9-2-3-14-12(13)5-9/h2-3,5,7,11,16H,4,6H2,1H3,(H2,13,14). The molecule has 0 saturated carbocycles. The molecule has 4 nitrogen and oxygen atoms in total. The zero-order valence-corrected chi connectivity index (χ0v) is 10.4. The third-order valence-electron chi connectivity index (χ3n) is 2.43. The molecule has 90 valence electrons. The molecule has 0 radical (unpaired) electrons. The molecule has 2 aromatic rings. The fourth-order valence-corrected chi connectivity index (χ4v) is 2.33. The van der Waals surface area contributed by atoms with E-state index < -0.39 is 6.10 Å². The maximum Gasteiger partial charge on any atom is 0.123 e. The number of aliphatic hydroxyl groups is 1. The highest BCUT2D eigenvalue weighted by Gasteiger charge is 2.09. The number of rotatable bonds is 4. The molecule has 2 heterocycles. The number of pyridine rings is 1. The normalized spacial score (nSPS) is 12.6. The first-order valence-electron chi connectivity index (χ1n) is 5.43. The molecule has 1 unspecified atom stereocenters. The summed E-state index contributed by atoms with van der Waals surface area (Å²) < 4.78 is 0. The highest BCUT2D eigenvalue weighted by Crippen LogP contribution is 2.13. The summed E-state index contributed by atoms with van der Waals surface area (Å²) in [7, 11) is 0. The van der Waals surface area contributed by atoms with Crippen molar-refractivity contribution in [3.8, 4) is 0 Å². The smallest absolute Gasteiger partial charge is 0.123 e. The van der Waals surface area contributed by atoms with Crippen LogP contribution >= 0.6 is 11.3 Å². The van der Waals surface area contributed by atoms with Crippen LogP contribution in [-0.4, -0.2) is 21.2 Å². The predicted octanol–water partition coefficient (Wildman–Crippen LogP) is 1.57. The SMILES string of the molecule is Cc1nc(CC(O)Cc2ccnc(N)c2)cs1. The van der Waals surface area contributed by atoms with Crippen molar-refractivity contribution in [1.29, 1.82) is 0 Å². The minimum absolute atomic E-state index is 0.432. The molecule has 0 aromatic carbocycles. The second kappa shape index (κ2) is 5.25. The first-order valence-corrected chi connectivity index (χ1v) is 6.31. The van der Waals surface area contributed by atoms with Gasteiger partial charge < -0.3 is 10.8 Å². The molecule has 0 bridgehead atoms. The molecule has 5 heteroatoms. The van der Waals surface area contributed by atoms with Crippen LogP contribution in [0.2, 0.25) is 0 Å². The lowest BCUT2D eigenvalue weighted by Crippen LogP contribution is -2.14. The fraction of sp³-hybridized carbons (Fsp3) is 0.333. The van der Waals surface area contributed by atoms with Gasteiger partial charge in [0.15, 0.2) is 0 Å². The quantitative estimate of drug-likeness (QED) is 0.863. The van der Waals surface area contributed by atoms with Crippen molar-refractivity contribution >= 4 is 17.2 Å². The summed E-state index contributed by atoms with van der Waals surface area (Å²) >= 11 is 1.60. The molecule has 0 aliphatic rings. The summed E-state index contributed by atoms with van der Waals surface area (Å²) in [5.41, 5.74) is 7.53. The number of aryl methyl sites for hydroxylation is 1. The van der Waals surface area contributed by atoms with Gasteiger partial charge in [0.25, 0.3) is 0 Å². The van der Waals surface area contributed by atoms with Crippen molar-refractivity contribution in [2.45, 2.75) is 25.9 Å². The van der Waals surface area contributed by atoms with Gasteiger partial charge in [-0.25, -0.2) is 9.97 Å². The maximum atomic E-state index is 9.96. The van der Waals surface area contributed by atoms with Crippen LogP contribution in [0.25, 0.3) is 0 Å². The number of nitrogens with two attached hydrogens (primary N) is 1. The topological polar surface area (TPSA) is 72.0 Å². The van der Waals surface area contributed by atoms with Crippen molar-refractivity contribution in [3.05, 3.63) is 40.0 Å². The van der Waals surface area contributed by atoms with Crippen molar-refractivity contribution in [3.63, 3.8) is 0 Å². The minimum atomic E-state index is -0.432. The average molecular weight is 249 g/mol. The van der Waals surface area contributed by atoms with E-state index in [0.717, 1.165) is 16.3 Å². The molecule has 0 aliphatic heterocycles. The Hall–Kier alpha value is -1.46. The van der Waals surface area contributed by atoms with E-state index in [9.17, 15) is 5.11 Å². The molecule has 0 spiro atoms. The van der Waals surface area contributed by atoms with Crippen LogP contribution in [0.1, 0.15) is 16.3 Å². The van der Waals surface area contributed by atoms with Crippen molar-refractivity contribution in [2.24, 2.45) is 0 Å². The number of thiazole rings is 1. The molecule has 17 heavy (non-hydrogen) atoms. The van der Waals surface area contributed by atoms with Gasteiger partial charge in [-0.05, 0) is 31.0 Å². The molecule has 1 atom stereocenters. The number of hydrogen-bond acceptors (Lipinski definition) is 5. The highest BCUT2D eigenvalue weighted by atomic mass is 32.1. The molecule has 0 aliphatic carbocycles. The van der Waals surface area contributed by atoms with Crippen LogP contribution < -0.4 is 5.73 Å². The van der Waals surface area contributed by atoms with E-state index in [1.54, 1.807) is 23.6 Å². The molecule has 2 aromatic heterocycles. The summed E-state index contributed by atoms with van der Waals surface area (Å²) in [4.78, 5) is 8.25. The third kappa shape index (κ3) is 3.51. The Balaban J connectivity index is 1.95. The second-order valence-electron chi connectivity index (χ2n) is 4.01. The van der Waals surface area contributed by atoms with E-state index in [0.29, 0.717) is 18.7 Å². The van der Waals surface area contributed by atoms with Gasteiger partial charge in [-0.15, -0.1) is 11.3 Å². The number of aromatic nitrogens is 2. The van der Waals surface area contributed by atoms with Gasteiger partial charge in [0.2, 0.25) is 0 Å². The largest absolute Gasteiger partial charge is 0.392 e. The molecule has 2 rings (SSSR count). The first-order chi connectivity index (χ1) is 8.13. The van der Waals surface area contributed by atoms with Crippen LogP contribution in [0.3, 0.4) is 0 Å². The van der Waals surface area contributed by atoms with Gasteiger partial charge >= 0.3 is 0 Å². The van der Waals surface area contributed by atoms with Crippen LogP contribution in [0.4, 0.5) is 5.82 Å². The maximum absolute atomic E-state index is 9.96. The Morgan fingerprint density at radius 1 is 1.47 bits per heavy atom. The van der Waals surface area contributed by atoms with Gasteiger partial charge in [-0.3, -0.25) is 0 Å². The Morgan fingerprint density at radius 3 is 2.94 bits per heavy atom. The van der Waals surface area contributed by atoms with Crippen molar-refractivity contribution < 1.29 is 5.11 Å².